The lowest BCUT2D eigenvalue weighted by Crippen LogP contribution is -2.15. The summed E-state index contributed by atoms with van der Waals surface area (Å²) in [6, 6.07) is 1.64. The zero-order chi connectivity index (χ0) is 15.0. The summed E-state index contributed by atoms with van der Waals surface area (Å²) in [5, 5.41) is 2.80. The number of carbonyl (C=O) groups is 1. The average molecular weight is 349 g/mol. The quantitative estimate of drug-likeness (QED) is 0.830. The van der Waals surface area contributed by atoms with E-state index in [1.807, 2.05) is 0 Å². The van der Waals surface area contributed by atoms with Gasteiger partial charge in [0.1, 0.15) is 0 Å². The van der Waals surface area contributed by atoms with Crippen LogP contribution in [0.3, 0.4) is 0 Å². The lowest BCUT2D eigenvalue weighted by Gasteiger charge is -2.06. The first-order valence-corrected chi connectivity index (χ1v) is 7.31. The van der Waals surface area contributed by atoms with Gasteiger partial charge in [-0.15, -0.1) is 23.7 Å². The number of hydrogen-bond donors (Lipinski definition) is 1. The number of anilines is 1. The molecule has 3 nitrogen and oxygen atoms in total. The molecule has 1 aliphatic carbocycles. The van der Waals surface area contributed by atoms with Crippen LogP contribution in [-0.4, -0.2) is 10.9 Å². The molecule has 8 heteroatoms. The standard InChI is InChI=1S/C14H11F3N2OS.ClH/c15-8-6-5-7(11(16)12(8)17)13(20)19-14-18-9-3-1-2-4-10(9)21-14;/h5-6H,1-4H2,(H,18,19,20);1H. The second kappa shape index (κ2) is 6.66. The number of benzene rings is 1. The molecule has 3 rings (SSSR count). The number of nitrogens with zero attached hydrogens (tertiary/aromatic N) is 1. The van der Waals surface area contributed by atoms with E-state index in [2.05, 4.69) is 10.3 Å². The van der Waals surface area contributed by atoms with Gasteiger partial charge < -0.3 is 0 Å². The van der Waals surface area contributed by atoms with Crippen LogP contribution >= 0.6 is 23.7 Å². The van der Waals surface area contributed by atoms with Gasteiger partial charge in [0, 0.05) is 4.88 Å². The number of aryl methyl sites for hydroxylation is 2. The maximum atomic E-state index is 13.5. The number of thiazole rings is 1. The molecule has 1 amide bonds. The Labute approximate surface area is 135 Å². The van der Waals surface area contributed by atoms with Crippen LogP contribution in [0.4, 0.5) is 18.3 Å². The van der Waals surface area contributed by atoms with Crippen LogP contribution in [0.2, 0.25) is 0 Å². The van der Waals surface area contributed by atoms with Crippen molar-refractivity contribution in [3.05, 3.63) is 45.7 Å². The fourth-order valence-electron chi connectivity index (χ4n) is 2.27. The summed E-state index contributed by atoms with van der Waals surface area (Å²) in [5.74, 6) is -5.30. The molecular formula is C14H12ClF3N2OS. The molecule has 118 valence electrons. The molecule has 0 spiro atoms. The predicted octanol–water partition coefficient (Wildman–Crippen LogP) is 4.11. The molecule has 0 saturated heterocycles. The molecule has 1 heterocycles. The Balaban J connectivity index is 0.00000176. The molecule has 2 aromatic rings. The SMILES string of the molecule is Cl.O=C(Nc1nc2c(s1)CCCC2)c1ccc(F)c(F)c1F. The molecule has 1 aliphatic rings. The third-order valence-corrected chi connectivity index (χ3v) is 4.42. The van der Waals surface area contributed by atoms with Crippen molar-refractivity contribution in [1.82, 2.24) is 4.98 Å². The van der Waals surface area contributed by atoms with E-state index in [0.717, 1.165) is 48.4 Å². The van der Waals surface area contributed by atoms with Crippen LogP contribution in [0.25, 0.3) is 0 Å². The summed E-state index contributed by atoms with van der Waals surface area (Å²) in [4.78, 5) is 17.3. The molecule has 1 aromatic carbocycles. The lowest BCUT2D eigenvalue weighted by molar-refractivity contribution is 0.102. The van der Waals surface area contributed by atoms with Gasteiger partial charge in [-0.25, -0.2) is 18.2 Å². The fraction of sp³-hybridized carbons (Fsp3) is 0.286. The average Bonchev–Trinajstić information content (AvgIpc) is 2.86. The topological polar surface area (TPSA) is 42.0 Å². The molecule has 0 radical (unpaired) electrons. The first kappa shape index (κ1) is 16.8. The normalized spacial score (nSPS) is 13.2. The van der Waals surface area contributed by atoms with E-state index in [4.69, 9.17) is 0 Å². The highest BCUT2D eigenvalue weighted by Crippen LogP contribution is 2.30. The molecule has 1 aromatic heterocycles. The maximum absolute atomic E-state index is 13.5. The van der Waals surface area contributed by atoms with Gasteiger partial charge in [-0.05, 0) is 37.8 Å². The van der Waals surface area contributed by atoms with Crippen LogP contribution in [-0.2, 0) is 12.8 Å². The third-order valence-electron chi connectivity index (χ3n) is 3.35. The zero-order valence-corrected chi connectivity index (χ0v) is 12.9. The number of amides is 1. The molecule has 22 heavy (non-hydrogen) atoms. The number of nitrogens with one attached hydrogen (secondary N) is 1. The Kier molecular flexibility index (Phi) is 5.08. The summed E-state index contributed by atoms with van der Waals surface area (Å²) < 4.78 is 39.5. The summed E-state index contributed by atoms with van der Waals surface area (Å²) in [6.07, 6.45) is 3.92. The number of fused-ring (bicyclic) bond motifs is 1. The van der Waals surface area contributed by atoms with Gasteiger partial charge in [-0.2, -0.15) is 0 Å². The zero-order valence-electron chi connectivity index (χ0n) is 11.3. The first-order chi connectivity index (χ1) is 10.1. The highest BCUT2D eigenvalue weighted by molar-refractivity contribution is 7.15. The number of aromatic nitrogens is 1. The molecule has 0 bridgehead atoms. The number of rotatable bonds is 2. The third kappa shape index (κ3) is 3.10. The maximum Gasteiger partial charge on any atom is 0.260 e. The van der Waals surface area contributed by atoms with E-state index in [9.17, 15) is 18.0 Å². The predicted molar refractivity (Wildman–Crippen MR) is 80.3 cm³/mol. The summed E-state index contributed by atoms with van der Waals surface area (Å²) in [6.45, 7) is 0. The summed E-state index contributed by atoms with van der Waals surface area (Å²) in [5.41, 5.74) is 0.411. The molecule has 1 N–H and O–H groups in total. The monoisotopic (exact) mass is 348 g/mol. The molecule has 0 unspecified atom stereocenters. The van der Waals surface area contributed by atoms with Crippen LogP contribution in [0.15, 0.2) is 12.1 Å². The minimum Gasteiger partial charge on any atom is -0.298 e. The summed E-state index contributed by atoms with van der Waals surface area (Å²) >= 11 is 1.34. The van der Waals surface area contributed by atoms with Crippen molar-refractivity contribution >= 4 is 34.8 Å². The second-order valence-electron chi connectivity index (χ2n) is 4.77. The van der Waals surface area contributed by atoms with Crippen molar-refractivity contribution in [1.29, 1.82) is 0 Å². The Hall–Kier alpha value is -1.60. The molecule has 0 fully saturated rings. The van der Waals surface area contributed by atoms with Gasteiger partial charge in [0.15, 0.2) is 22.6 Å². The smallest absolute Gasteiger partial charge is 0.260 e. The minimum atomic E-state index is -1.65. The van der Waals surface area contributed by atoms with E-state index >= 15 is 0 Å². The molecule has 0 aliphatic heterocycles. The highest BCUT2D eigenvalue weighted by atomic mass is 35.5. The molecular weight excluding hydrogens is 337 g/mol. The Morgan fingerprint density at radius 1 is 1.14 bits per heavy atom. The van der Waals surface area contributed by atoms with E-state index < -0.39 is 28.9 Å². The van der Waals surface area contributed by atoms with Gasteiger partial charge >= 0.3 is 0 Å². The van der Waals surface area contributed by atoms with Gasteiger partial charge in [0.2, 0.25) is 0 Å². The highest BCUT2D eigenvalue weighted by Gasteiger charge is 2.21. The van der Waals surface area contributed by atoms with E-state index in [0.29, 0.717) is 5.13 Å². The fourth-order valence-corrected chi connectivity index (χ4v) is 3.32. The van der Waals surface area contributed by atoms with E-state index in [1.165, 1.54) is 11.3 Å². The van der Waals surface area contributed by atoms with Crippen LogP contribution < -0.4 is 5.32 Å². The van der Waals surface area contributed by atoms with Gasteiger partial charge in [0.25, 0.3) is 5.91 Å². The van der Waals surface area contributed by atoms with Crippen molar-refractivity contribution in [3.8, 4) is 0 Å². The number of hydrogen-bond acceptors (Lipinski definition) is 3. The van der Waals surface area contributed by atoms with Crippen molar-refractivity contribution in [2.75, 3.05) is 5.32 Å². The van der Waals surface area contributed by atoms with E-state index in [-0.39, 0.29) is 12.4 Å². The van der Waals surface area contributed by atoms with Gasteiger partial charge in [-0.3, -0.25) is 10.1 Å². The van der Waals surface area contributed by atoms with Crippen molar-refractivity contribution < 1.29 is 18.0 Å². The van der Waals surface area contributed by atoms with Gasteiger partial charge in [0.05, 0.1) is 11.3 Å². The summed E-state index contributed by atoms with van der Waals surface area (Å²) in [7, 11) is 0. The van der Waals surface area contributed by atoms with Crippen LogP contribution in [0.1, 0.15) is 33.8 Å². The van der Waals surface area contributed by atoms with Crippen molar-refractivity contribution in [2.24, 2.45) is 0 Å². The van der Waals surface area contributed by atoms with Gasteiger partial charge in [-0.1, -0.05) is 0 Å². The minimum absolute atomic E-state index is 0. The first-order valence-electron chi connectivity index (χ1n) is 6.49. The van der Waals surface area contributed by atoms with Crippen LogP contribution in [0.5, 0.6) is 0 Å². The Morgan fingerprint density at radius 3 is 2.59 bits per heavy atom. The number of halogens is 4. The Morgan fingerprint density at radius 2 is 1.86 bits per heavy atom. The lowest BCUT2D eigenvalue weighted by atomic mass is 10.0. The Bertz CT molecular complexity index is 697. The molecule has 0 atom stereocenters. The molecule has 0 saturated carbocycles. The van der Waals surface area contributed by atoms with E-state index in [1.54, 1.807) is 0 Å². The van der Waals surface area contributed by atoms with Crippen molar-refractivity contribution in [2.45, 2.75) is 25.7 Å². The largest absolute Gasteiger partial charge is 0.298 e. The van der Waals surface area contributed by atoms with Crippen molar-refractivity contribution in [3.63, 3.8) is 0 Å². The van der Waals surface area contributed by atoms with Crippen LogP contribution in [0, 0.1) is 17.5 Å². The number of carbonyl (C=O) groups excluding carboxylic acids is 1. The second-order valence-corrected chi connectivity index (χ2v) is 5.86.